The number of amides is 1. The maximum Gasteiger partial charge on any atom is 0.236 e. The van der Waals surface area contributed by atoms with Crippen LogP contribution in [0.25, 0.3) is 0 Å². The van der Waals surface area contributed by atoms with Crippen LogP contribution in [-0.2, 0) is 4.79 Å². The molecule has 1 saturated heterocycles. The third-order valence-electron chi connectivity index (χ3n) is 4.80. The van der Waals surface area contributed by atoms with Crippen LogP contribution in [0, 0.1) is 11.8 Å². The molecule has 19 heavy (non-hydrogen) atoms. The van der Waals surface area contributed by atoms with Gasteiger partial charge in [0, 0.05) is 32.2 Å². The van der Waals surface area contributed by atoms with E-state index in [-0.39, 0.29) is 5.91 Å². The molecule has 0 spiro atoms. The van der Waals surface area contributed by atoms with Gasteiger partial charge in [-0.1, -0.05) is 13.8 Å². The zero-order chi connectivity index (χ0) is 13.8. The highest BCUT2D eigenvalue weighted by Gasteiger charge is 2.26. The van der Waals surface area contributed by atoms with Gasteiger partial charge in [0.25, 0.3) is 0 Å². The molecule has 1 amide bonds. The molecule has 2 fully saturated rings. The second-order valence-electron chi connectivity index (χ2n) is 6.57. The molecule has 1 N–H and O–H groups in total. The molecule has 2 aliphatic rings. The first kappa shape index (κ1) is 14.8. The van der Waals surface area contributed by atoms with Gasteiger partial charge in [0.15, 0.2) is 0 Å². The molecule has 0 aromatic heterocycles. The molecule has 4 nitrogen and oxygen atoms in total. The molecular weight excluding hydrogens is 238 g/mol. The molecule has 2 rings (SSSR count). The van der Waals surface area contributed by atoms with Crippen LogP contribution in [0.15, 0.2) is 0 Å². The summed E-state index contributed by atoms with van der Waals surface area (Å²) >= 11 is 0. The summed E-state index contributed by atoms with van der Waals surface area (Å²) in [5.41, 5.74) is 0. The molecule has 3 atom stereocenters. The fourth-order valence-electron chi connectivity index (χ4n) is 3.35. The number of rotatable bonds is 3. The zero-order valence-corrected chi connectivity index (χ0v) is 12.7. The Bertz CT molecular complexity index is 300. The van der Waals surface area contributed by atoms with E-state index in [1.54, 1.807) is 0 Å². The first-order chi connectivity index (χ1) is 9.06. The predicted octanol–water partition coefficient (Wildman–Crippen LogP) is 1.17. The molecule has 0 aromatic carbocycles. The number of carbonyl (C=O) groups excluding carboxylic acids is 1. The Morgan fingerprint density at radius 1 is 1.16 bits per heavy atom. The number of carbonyl (C=O) groups is 1. The maximum absolute atomic E-state index is 12.2. The minimum Gasteiger partial charge on any atom is -0.339 e. The van der Waals surface area contributed by atoms with Crippen molar-refractivity contribution in [3.63, 3.8) is 0 Å². The molecule has 3 unspecified atom stereocenters. The summed E-state index contributed by atoms with van der Waals surface area (Å²) < 4.78 is 0. The third-order valence-corrected chi connectivity index (χ3v) is 4.80. The maximum atomic E-state index is 12.2. The van der Waals surface area contributed by atoms with Crippen LogP contribution in [-0.4, -0.2) is 61.5 Å². The lowest BCUT2D eigenvalue weighted by Gasteiger charge is -2.35. The lowest BCUT2D eigenvalue weighted by Crippen LogP contribution is -2.51. The quantitative estimate of drug-likeness (QED) is 0.834. The van der Waals surface area contributed by atoms with Gasteiger partial charge in [-0.15, -0.1) is 0 Å². The van der Waals surface area contributed by atoms with E-state index in [0.29, 0.717) is 18.5 Å². The smallest absolute Gasteiger partial charge is 0.236 e. The topological polar surface area (TPSA) is 35.6 Å². The van der Waals surface area contributed by atoms with E-state index in [4.69, 9.17) is 0 Å². The normalized spacial score (nSPS) is 33.4. The van der Waals surface area contributed by atoms with Crippen molar-refractivity contribution in [2.45, 2.75) is 39.2 Å². The highest BCUT2D eigenvalue weighted by atomic mass is 16.2. The molecule has 1 saturated carbocycles. The number of likely N-dealkylation sites (N-methyl/N-ethyl adjacent to an activating group) is 1. The largest absolute Gasteiger partial charge is 0.339 e. The Kier molecular flexibility index (Phi) is 5.22. The Labute approximate surface area is 117 Å². The van der Waals surface area contributed by atoms with Crippen molar-refractivity contribution in [3.8, 4) is 0 Å². The fraction of sp³-hybridized carbons (Fsp3) is 0.933. The Balaban J connectivity index is 1.71. The van der Waals surface area contributed by atoms with E-state index in [9.17, 15) is 4.79 Å². The van der Waals surface area contributed by atoms with Crippen molar-refractivity contribution in [1.29, 1.82) is 0 Å². The van der Waals surface area contributed by atoms with E-state index in [0.717, 1.165) is 32.1 Å². The van der Waals surface area contributed by atoms with Crippen molar-refractivity contribution in [1.82, 2.24) is 15.1 Å². The third kappa shape index (κ3) is 4.18. The molecule has 1 aliphatic carbocycles. The predicted molar refractivity (Wildman–Crippen MR) is 78.0 cm³/mol. The fourth-order valence-corrected chi connectivity index (χ4v) is 3.35. The van der Waals surface area contributed by atoms with Gasteiger partial charge in [0.2, 0.25) is 5.91 Å². The molecule has 0 radical (unpaired) electrons. The summed E-state index contributed by atoms with van der Waals surface area (Å²) in [7, 11) is 2.12. The SMILES string of the molecule is CC1CCC(NCC(=O)N2CCN(C)CC2)C(C)C1. The van der Waals surface area contributed by atoms with Crippen LogP contribution in [0.3, 0.4) is 0 Å². The van der Waals surface area contributed by atoms with Crippen LogP contribution in [0.2, 0.25) is 0 Å². The Hall–Kier alpha value is -0.610. The molecule has 1 aliphatic heterocycles. The molecule has 110 valence electrons. The van der Waals surface area contributed by atoms with Gasteiger partial charge >= 0.3 is 0 Å². The summed E-state index contributed by atoms with van der Waals surface area (Å²) in [6.07, 6.45) is 3.81. The number of hydrogen-bond donors (Lipinski definition) is 1. The van der Waals surface area contributed by atoms with Gasteiger partial charge in [-0.2, -0.15) is 0 Å². The molecular formula is C15H29N3O. The molecule has 4 heteroatoms. The summed E-state index contributed by atoms with van der Waals surface area (Å²) in [5.74, 6) is 1.82. The second kappa shape index (κ2) is 6.71. The van der Waals surface area contributed by atoms with Crippen LogP contribution >= 0.6 is 0 Å². The van der Waals surface area contributed by atoms with Gasteiger partial charge in [-0.05, 0) is 38.1 Å². The zero-order valence-electron chi connectivity index (χ0n) is 12.7. The number of nitrogens with zero attached hydrogens (tertiary/aromatic N) is 2. The minimum absolute atomic E-state index is 0.277. The summed E-state index contributed by atoms with van der Waals surface area (Å²) in [5, 5.41) is 3.50. The first-order valence-electron chi connectivity index (χ1n) is 7.76. The number of piperazine rings is 1. The van der Waals surface area contributed by atoms with E-state index in [1.165, 1.54) is 19.3 Å². The standard InChI is InChI=1S/C15H29N3O/c1-12-4-5-14(13(2)10-12)16-11-15(19)18-8-6-17(3)7-9-18/h12-14,16H,4-11H2,1-3H3. The monoisotopic (exact) mass is 267 g/mol. The molecule has 0 bridgehead atoms. The average molecular weight is 267 g/mol. The Morgan fingerprint density at radius 3 is 2.47 bits per heavy atom. The van der Waals surface area contributed by atoms with E-state index in [2.05, 4.69) is 31.1 Å². The van der Waals surface area contributed by atoms with E-state index in [1.807, 2.05) is 4.90 Å². The number of hydrogen-bond acceptors (Lipinski definition) is 3. The van der Waals surface area contributed by atoms with Crippen molar-refractivity contribution in [2.24, 2.45) is 11.8 Å². The average Bonchev–Trinajstić information content (AvgIpc) is 2.38. The lowest BCUT2D eigenvalue weighted by atomic mass is 9.80. The summed E-state index contributed by atoms with van der Waals surface area (Å²) in [6.45, 7) is 8.94. The van der Waals surface area contributed by atoms with Gasteiger partial charge in [-0.3, -0.25) is 4.79 Å². The van der Waals surface area contributed by atoms with Crippen molar-refractivity contribution >= 4 is 5.91 Å². The number of nitrogens with one attached hydrogen (secondary N) is 1. The van der Waals surface area contributed by atoms with Crippen molar-refractivity contribution < 1.29 is 4.79 Å². The Morgan fingerprint density at radius 2 is 1.84 bits per heavy atom. The van der Waals surface area contributed by atoms with Crippen molar-refractivity contribution in [3.05, 3.63) is 0 Å². The van der Waals surface area contributed by atoms with Crippen LogP contribution in [0.4, 0.5) is 0 Å². The highest BCUT2D eigenvalue weighted by molar-refractivity contribution is 5.78. The van der Waals surface area contributed by atoms with E-state index >= 15 is 0 Å². The van der Waals surface area contributed by atoms with Crippen LogP contribution in [0.1, 0.15) is 33.1 Å². The molecule has 1 heterocycles. The van der Waals surface area contributed by atoms with E-state index < -0.39 is 0 Å². The van der Waals surface area contributed by atoms with Crippen LogP contribution < -0.4 is 5.32 Å². The van der Waals surface area contributed by atoms with Gasteiger partial charge in [-0.25, -0.2) is 0 Å². The van der Waals surface area contributed by atoms with Gasteiger partial charge < -0.3 is 15.1 Å². The first-order valence-corrected chi connectivity index (χ1v) is 7.76. The van der Waals surface area contributed by atoms with Gasteiger partial charge in [0.05, 0.1) is 6.54 Å². The lowest BCUT2D eigenvalue weighted by molar-refractivity contribution is -0.132. The second-order valence-corrected chi connectivity index (χ2v) is 6.57. The van der Waals surface area contributed by atoms with Crippen LogP contribution in [0.5, 0.6) is 0 Å². The minimum atomic E-state index is 0.277. The van der Waals surface area contributed by atoms with Gasteiger partial charge in [0.1, 0.15) is 0 Å². The highest BCUT2D eigenvalue weighted by Crippen LogP contribution is 2.28. The molecule has 0 aromatic rings. The summed E-state index contributed by atoms with van der Waals surface area (Å²) in [6, 6.07) is 0.535. The summed E-state index contributed by atoms with van der Waals surface area (Å²) in [4.78, 5) is 16.4. The van der Waals surface area contributed by atoms with Crippen molar-refractivity contribution in [2.75, 3.05) is 39.8 Å².